The molecule has 6 nitrogen and oxygen atoms in total. The highest BCUT2D eigenvalue weighted by Gasteiger charge is 2.63. The van der Waals surface area contributed by atoms with Gasteiger partial charge in [0.05, 0.1) is 24.2 Å². The van der Waals surface area contributed by atoms with Gasteiger partial charge in [0.2, 0.25) is 0 Å². The lowest BCUT2D eigenvalue weighted by Gasteiger charge is -2.68. The van der Waals surface area contributed by atoms with Gasteiger partial charge in [-0.3, -0.25) is 0 Å². The van der Waals surface area contributed by atoms with Crippen LogP contribution in [0, 0.1) is 47.3 Å². The van der Waals surface area contributed by atoms with Crippen molar-refractivity contribution < 1.29 is 8.83 Å². The number of fused-ring (bicyclic) bond motifs is 18. The van der Waals surface area contributed by atoms with Crippen molar-refractivity contribution in [3.63, 3.8) is 0 Å². The SMILES string of the molecule is c1ccc(N2C3CCCCC3N(c3ccccc3)C3CC4C(CC32)C2CCC(c3cccc5c3oc3ccccc35)CC2C2CC(c3cccc5c3oc3ccccc35)CCC2C2CC3C(CC24)N(c2ccccc2)C2CCCCC2N3c2ccccc2)cc1. The molecule has 2 aromatic heterocycles. The Hall–Kier alpha value is -7.44. The smallest absolute Gasteiger partial charge is 0.138 e. The lowest BCUT2D eigenvalue weighted by molar-refractivity contribution is -0.0976. The van der Waals surface area contributed by atoms with Gasteiger partial charge in [0.1, 0.15) is 22.3 Å². The quantitative estimate of drug-likeness (QED) is 0.155. The summed E-state index contributed by atoms with van der Waals surface area (Å²) in [6, 6.07) is 83.6. The number of hydrogen-bond donors (Lipinski definition) is 0. The minimum absolute atomic E-state index is 0.428. The molecule has 456 valence electrons. The molecule has 7 saturated carbocycles. The van der Waals surface area contributed by atoms with E-state index in [0.29, 0.717) is 108 Å². The molecule has 0 amide bonds. The standard InChI is InChI=1S/C84H88N4O2/c1-5-23-55(24-6-1)85-73-37-15-17-39-75(73)87(57-27-9-3-10-28-57)79-51-71-69(49-77(79)85)61-45-43-53(59-33-21-35-65-63-31-13-19-41-81(63)89-83(59)65)47-67(61)68-48-54(60-34-22-36-66-64-32-14-20-42-82(64)90-84(60)66)44-46-62(68)70-50-78-80(52-72(70)71)88(58-29-11-4-12-30-58)76-40-18-16-38-74(76)86(78)56-25-7-2-8-26-56/h1-14,19-36,41-42,53-54,61-62,67-80H,15-18,37-40,43-52H2. The van der Waals surface area contributed by atoms with E-state index in [0.717, 1.165) is 22.3 Å². The topological polar surface area (TPSA) is 39.2 Å². The van der Waals surface area contributed by atoms with Gasteiger partial charge in [-0.2, -0.15) is 0 Å². The number of para-hydroxylation sites is 8. The fraction of sp³-hybridized carbons (Fsp3) is 0.429. The number of anilines is 4. The van der Waals surface area contributed by atoms with Gasteiger partial charge in [0.15, 0.2) is 0 Å². The number of benzene rings is 8. The van der Waals surface area contributed by atoms with Crippen LogP contribution in [0.5, 0.6) is 0 Å². The predicted molar refractivity (Wildman–Crippen MR) is 370 cm³/mol. The van der Waals surface area contributed by atoms with Crippen molar-refractivity contribution in [2.45, 2.75) is 176 Å². The van der Waals surface area contributed by atoms with E-state index in [1.54, 1.807) is 0 Å². The summed E-state index contributed by atoms with van der Waals surface area (Å²) in [4.78, 5) is 12.5. The number of nitrogens with zero attached hydrogens (tertiary/aromatic N) is 4. The minimum atomic E-state index is 0.428. The van der Waals surface area contributed by atoms with Crippen molar-refractivity contribution in [2.75, 3.05) is 19.6 Å². The summed E-state index contributed by atoms with van der Waals surface area (Å²) in [6.45, 7) is 0. The Balaban J connectivity index is 0.813. The fourth-order valence-corrected chi connectivity index (χ4v) is 23.3. The molecule has 6 heteroatoms. The first kappa shape index (κ1) is 54.3. The largest absolute Gasteiger partial charge is 0.456 e. The van der Waals surface area contributed by atoms with Crippen molar-refractivity contribution in [1.82, 2.24) is 0 Å². The normalized spacial score (nSPS) is 34.0. The molecule has 9 fully saturated rings. The molecule has 18 unspecified atom stereocenters. The van der Waals surface area contributed by atoms with Crippen LogP contribution in [0.4, 0.5) is 22.7 Å². The van der Waals surface area contributed by atoms with Gasteiger partial charge < -0.3 is 28.4 Å². The van der Waals surface area contributed by atoms with Crippen molar-refractivity contribution in [3.05, 3.63) is 217 Å². The zero-order valence-corrected chi connectivity index (χ0v) is 52.4. The third kappa shape index (κ3) is 8.67. The van der Waals surface area contributed by atoms with E-state index in [1.807, 2.05) is 0 Å². The Morgan fingerprint density at radius 3 is 0.867 bits per heavy atom. The molecule has 2 aliphatic heterocycles. The van der Waals surface area contributed by atoms with Crippen LogP contribution in [0.25, 0.3) is 43.9 Å². The second-order valence-corrected chi connectivity index (χ2v) is 30.0. The average Bonchev–Trinajstić information content (AvgIpc) is 1.14. The van der Waals surface area contributed by atoms with Gasteiger partial charge in [-0.1, -0.05) is 171 Å². The summed E-state index contributed by atoms with van der Waals surface area (Å²) >= 11 is 0. The van der Waals surface area contributed by atoms with Crippen LogP contribution in [-0.4, -0.2) is 48.3 Å². The van der Waals surface area contributed by atoms with Crippen LogP contribution in [0.3, 0.4) is 0 Å². The van der Waals surface area contributed by atoms with E-state index < -0.39 is 0 Å². The van der Waals surface area contributed by atoms with Crippen LogP contribution >= 0.6 is 0 Å². The summed E-state index contributed by atoms with van der Waals surface area (Å²) in [5, 5.41) is 5.09. The van der Waals surface area contributed by atoms with Gasteiger partial charge in [-0.15, -0.1) is 0 Å². The Morgan fingerprint density at radius 1 is 0.233 bits per heavy atom. The molecule has 2 saturated heterocycles. The lowest BCUT2D eigenvalue weighted by atomic mass is 9.45. The van der Waals surface area contributed by atoms with Crippen molar-refractivity contribution in [3.8, 4) is 0 Å². The van der Waals surface area contributed by atoms with Crippen LogP contribution in [-0.2, 0) is 0 Å². The highest BCUT2D eigenvalue weighted by Crippen LogP contribution is 2.66. The number of rotatable bonds is 6. The Labute approximate surface area is 532 Å². The maximum Gasteiger partial charge on any atom is 0.138 e. The molecule has 4 heterocycles. The lowest BCUT2D eigenvalue weighted by Crippen LogP contribution is -2.74. The number of hydrogen-bond acceptors (Lipinski definition) is 6. The van der Waals surface area contributed by atoms with Crippen LogP contribution in [0.15, 0.2) is 215 Å². The van der Waals surface area contributed by atoms with E-state index >= 15 is 0 Å². The fourth-order valence-electron chi connectivity index (χ4n) is 23.3. The molecule has 8 aromatic carbocycles. The first-order valence-electron chi connectivity index (χ1n) is 35.8. The summed E-state index contributed by atoms with van der Waals surface area (Å²) in [5.74, 6) is 5.84. The van der Waals surface area contributed by atoms with Crippen LogP contribution in [0.1, 0.15) is 139 Å². The summed E-state index contributed by atoms with van der Waals surface area (Å²) in [5.41, 5.74) is 13.1. The van der Waals surface area contributed by atoms with Gasteiger partial charge in [0.25, 0.3) is 0 Å². The zero-order valence-electron chi connectivity index (χ0n) is 52.4. The van der Waals surface area contributed by atoms with E-state index in [9.17, 15) is 0 Å². The van der Waals surface area contributed by atoms with Crippen molar-refractivity contribution in [1.29, 1.82) is 0 Å². The van der Waals surface area contributed by atoms with Gasteiger partial charge >= 0.3 is 0 Å². The first-order chi connectivity index (χ1) is 44.7. The molecular weight excluding hydrogens is 1100 g/mol. The predicted octanol–water partition coefficient (Wildman–Crippen LogP) is 20.4. The van der Waals surface area contributed by atoms with E-state index in [1.165, 1.54) is 171 Å². The highest BCUT2D eigenvalue weighted by molar-refractivity contribution is 6.07. The third-order valence-electron chi connectivity index (χ3n) is 26.4. The van der Waals surface area contributed by atoms with Crippen molar-refractivity contribution in [2.24, 2.45) is 47.3 Å². The minimum Gasteiger partial charge on any atom is -0.456 e. The molecule has 0 spiro atoms. The molecule has 10 aromatic rings. The molecular formula is C84H88N4O2. The number of furan rings is 2. The molecule has 7 aliphatic carbocycles. The van der Waals surface area contributed by atoms with E-state index in [2.05, 4.69) is 226 Å². The maximum atomic E-state index is 7.07. The summed E-state index contributed by atoms with van der Waals surface area (Å²) in [7, 11) is 0. The maximum absolute atomic E-state index is 7.07. The van der Waals surface area contributed by atoms with Gasteiger partial charge in [-0.25, -0.2) is 0 Å². The second-order valence-electron chi connectivity index (χ2n) is 30.0. The monoisotopic (exact) mass is 1180 g/mol. The van der Waals surface area contributed by atoms with Gasteiger partial charge in [-0.05, 0) is 221 Å². The van der Waals surface area contributed by atoms with Crippen molar-refractivity contribution >= 4 is 66.6 Å². The molecule has 0 radical (unpaired) electrons. The molecule has 9 aliphatic rings. The average molecular weight is 1190 g/mol. The van der Waals surface area contributed by atoms with E-state index in [-0.39, 0.29) is 0 Å². The molecule has 90 heavy (non-hydrogen) atoms. The molecule has 0 N–H and O–H groups in total. The summed E-state index contributed by atoms with van der Waals surface area (Å²) < 4.78 is 14.1. The Morgan fingerprint density at radius 2 is 0.522 bits per heavy atom. The van der Waals surface area contributed by atoms with Crippen LogP contribution in [0.2, 0.25) is 0 Å². The first-order valence-corrected chi connectivity index (χ1v) is 35.8. The Kier molecular flexibility index (Phi) is 13.4. The summed E-state index contributed by atoms with van der Waals surface area (Å²) in [6.07, 6.45) is 23.0. The molecule has 18 atom stereocenters. The van der Waals surface area contributed by atoms with E-state index in [4.69, 9.17) is 8.83 Å². The third-order valence-corrected chi connectivity index (χ3v) is 26.4. The Bertz CT molecular complexity index is 3930. The number of piperazine rings is 2. The van der Waals surface area contributed by atoms with Gasteiger partial charge in [0, 0.05) is 68.5 Å². The highest BCUT2D eigenvalue weighted by atomic mass is 16.3. The second kappa shape index (κ2) is 22.2. The zero-order chi connectivity index (χ0) is 59.0. The van der Waals surface area contributed by atoms with Crippen LogP contribution < -0.4 is 19.6 Å². The molecule has 0 bridgehead atoms. The molecule has 19 rings (SSSR count).